The second-order valence-corrected chi connectivity index (χ2v) is 14.2. The van der Waals surface area contributed by atoms with Crippen molar-refractivity contribution in [3.05, 3.63) is 66.6 Å². The average molecular weight is 784 g/mol. The van der Waals surface area contributed by atoms with Crippen LogP contribution in [0.2, 0.25) is 10.0 Å². The Bertz CT molecular complexity index is 1930. The summed E-state index contributed by atoms with van der Waals surface area (Å²) in [5.74, 6) is -1.09. The molecular weight excluding hydrogens is 756 g/mol. The molecular formula is C27H27Cl2F7N6O5S2. The minimum atomic E-state index is -4.97. The Morgan fingerprint density at radius 3 is 2.22 bits per heavy atom. The number of pyridine rings is 1. The Balaban J connectivity index is 0.000000267. The third-order valence-corrected chi connectivity index (χ3v) is 8.54. The fourth-order valence-electron chi connectivity index (χ4n) is 4.51. The number of anilines is 1. The van der Waals surface area contributed by atoms with E-state index in [4.69, 9.17) is 23.2 Å². The van der Waals surface area contributed by atoms with Gasteiger partial charge >= 0.3 is 24.4 Å². The maximum atomic E-state index is 13.6. The van der Waals surface area contributed by atoms with Gasteiger partial charge in [0.05, 0.1) is 40.3 Å². The number of nitrogens with zero attached hydrogens (tertiary/aromatic N) is 5. The summed E-state index contributed by atoms with van der Waals surface area (Å²) in [4.78, 5) is 31.4. The van der Waals surface area contributed by atoms with E-state index in [1.807, 2.05) is 0 Å². The Kier molecular flexibility index (Phi) is 12.8. The molecule has 0 unspecified atom stereocenters. The van der Waals surface area contributed by atoms with Gasteiger partial charge in [0.25, 0.3) is 6.43 Å². The van der Waals surface area contributed by atoms with Gasteiger partial charge in [-0.15, -0.1) is 16.9 Å². The summed E-state index contributed by atoms with van der Waals surface area (Å²) < 4.78 is 123. The molecule has 0 radical (unpaired) electrons. The highest BCUT2D eigenvalue weighted by atomic mass is 35.5. The third kappa shape index (κ3) is 9.46. The van der Waals surface area contributed by atoms with E-state index in [-0.39, 0.29) is 54.8 Å². The number of aromatic nitrogens is 4. The van der Waals surface area contributed by atoms with Crippen molar-refractivity contribution in [2.75, 3.05) is 30.4 Å². The number of aryl methyl sites for hydroxylation is 1. The molecule has 0 spiro atoms. The van der Waals surface area contributed by atoms with Crippen LogP contribution in [-0.2, 0) is 27.4 Å². The summed E-state index contributed by atoms with van der Waals surface area (Å²) in [5.41, 5.74) is -5.06. The van der Waals surface area contributed by atoms with E-state index in [0.29, 0.717) is 17.0 Å². The van der Waals surface area contributed by atoms with E-state index in [1.54, 1.807) is 13.8 Å². The zero-order valence-electron chi connectivity index (χ0n) is 26.0. The number of halogens is 9. The molecule has 3 aromatic rings. The van der Waals surface area contributed by atoms with Crippen LogP contribution in [-0.4, -0.2) is 64.4 Å². The van der Waals surface area contributed by atoms with Gasteiger partial charge in [-0.25, -0.2) is 36.3 Å². The Labute approximate surface area is 288 Å². The van der Waals surface area contributed by atoms with Crippen molar-refractivity contribution >= 4 is 61.7 Å². The highest BCUT2D eigenvalue weighted by Crippen LogP contribution is 2.40. The number of hydrogen-bond acceptors (Lipinski definition) is 9. The van der Waals surface area contributed by atoms with Crippen LogP contribution in [0.4, 0.5) is 36.4 Å². The first-order valence-electron chi connectivity index (χ1n) is 13.7. The lowest BCUT2D eigenvalue weighted by atomic mass is 9.91. The molecule has 0 fully saturated rings. The SMILES string of the molecule is COC(=O)c1c(C(F)F)nc(C(F)(F)F)c(C2=NCCS2)c1CC(C)C.Cc1nn(-c2cc(NS(C)(=O)=O)c(Cl)cc2Cl)c(=O)n1C(F)F. The van der Waals surface area contributed by atoms with Crippen molar-refractivity contribution in [1.29, 1.82) is 0 Å². The van der Waals surface area contributed by atoms with E-state index in [0.717, 1.165) is 31.2 Å². The van der Waals surface area contributed by atoms with E-state index in [1.165, 1.54) is 13.0 Å². The molecule has 2 aromatic heterocycles. The van der Waals surface area contributed by atoms with E-state index in [2.05, 4.69) is 24.5 Å². The third-order valence-electron chi connectivity index (χ3n) is 6.34. The summed E-state index contributed by atoms with van der Waals surface area (Å²) in [6, 6.07) is 2.31. The highest BCUT2D eigenvalue weighted by Gasteiger charge is 2.42. The molecule has 0 saturated carbocycles. The standard InChI is InChI=1S/C16H17F5N2O2S.C11H10Cl2F2N4O3S/c1-7(2)6-8-9(15(24)25-3)11(13(17)18)23-12(16(19,20)21)10(8)14-22-4-5-26-14;1-5-16-19(11(20)18(5)10(14)15)9-4-8(17-23(2,21)22)6(12)3-7(9)13/h7,13H,4-6H2,1-3H3;3-4,10,17H,1-2H3. The lowest BCUT2D eigenvalue weighted by Crippen LogP contribution is -2.25. The molecule has 1 aromatic carbocycles. The minimum absolute atomic E-state index is 0.0231. The van der Waals surface area contributed by atoms with Gasteiger partial charge in [-0.1, -0.05) is 37.0 Å². The topological polar surface area (TPSA) is 138 Å². The van der Waals surface area contributed by atoms with Crippen LogP contribution in [0.3, 0.4) is 0 Å². The zero-order chi connectivity index (χ0) is 37.2. The minimum Gasteiger partial charge on any atom is -0.465 e. The smallest absolute Gasteiger partial charge is 0.434 e. The van der Waals surface area contributed by atoms with Crippen LogP contribution in [0.1, 0.15) is 65.5 Å². The molecule has 4 rings (SSSR count). The molecule has 1 N–H and O–H groups in total. The van der Waals surface area contributed by atoms with Crippen LogP contribution in [0.5, 0.6) is 0 Å². The lowest BCUT2D eigenvalue weighted by molar-refractivity contribution is -0.141. The number of sulfonamides is 1. The van der Waals surface area contributed by atoms with Gasteiger partial charge in [-0.2, -0.15) is 26.6 Å². The largest absolute Gasteiger partial charge is 0.465 e. The maximum absolute atomic E-state index is 13.6. The zero-order valence-corrected chi connectivity index (χ0v) is 29.1. The maximum Gasteiger partial charge on any atom is 0.434 e. The number of esters is 1. The number of methoxy groups -OCH3 is 1. The van der Waals surface area contributed by atoms with Crippen LogP contribution >= 0.6 is 35.0 Å². The van der Waals surface area contributed by atoms with Crippen LogP contribution in [0.25, 0.3) is 5.69 Å². The molecule has 270 valence electrons. The number of benzene rings is 1. The summed E-state index contributed by atoms with van der Waals surface area (Å²) in [6.45, 7) is 1.89. The molecule has 1 aliphatic heterocycles. The van der Waals surface area contributed by atoms with E-state index >= 15 is 0 Å². The Morgan fingerprint density at radius 2 is 1.78 bits per heavy atom. The number of thioether (sulfide) groups is 1. The average Bonchev–Trinajstić information content (AvgIpc) is 3.60. The second-order valence-electron chi connectivity index (χ2n) is 10.5. The highest BCUT2D eigenvalue weighted by molar-refractivity contribution is 8.14. The van der Waals surface area contributed by atoms with Gasteiger partial charge in [-0.05, 0) is 37.0 Å². The molecule has 0 saturated heterocycles. The normalized spacial score (nSPS) is 13.5. The summed E-state index contributed by atoms with van der Waals surface area (Å²) >= 11 is 12.9. The molecule has 22 heteroatoms. The van der Waals surface area contributed by atoms with Crippen molar-refractivity contribution in [3.63, 3.8) is 0 Å². The van der Waals surface area contributed by atoms with Crippen LogP contribution in [0.15, 0.2) is 21.9 Å². The van der Waals surface area contributed by atoms with Crippen molar-refractivity contribution in [1.82, 2.24) is 19.3 Å². The van der Waals surface area contributed by atoms with Crippen LogP contribution in [0, 0.1) is 12.8 Å². The van der Waals surface area contributed by atoms with Gasteiger partial charge in [0.15, 0.2) is 5.69 Å². The molecule has 0 aliphatic carbocycles. The number of alkyl halides is 7. The van der Waals surface area contributed by atoms with Crippen molar-refractivity contribution in [2.45, 2.75) is 46.3 Å². The number of nitrogens with one attached hydrogen (secondary N) is 1. The second kappa shape index (κ2) is 15.7. The van der Waals surface area contributed by atoms with Crippen molar-refractivity contribution in [2.24, 2.45) is 10.9 Å². The monoisotopic (exact) mass is 782 g/mol. The van der Waals surface area contributed by atoms with E-state index in [9.17, 15) is 48.7 Å². The first kappa shape index (κ1) is 40.1. The number of carbonyl (C=O) groups excluding carboxylic acids is 1. The molecule has 49 heavy (non-hydrogen) atoms. The molecule has 3 heterocycles. The number of hydrogen-bond donors (Lipinski definition) is 1. The predicted molar refractivity (Wildman–Crippen MR) is 170 cm³/mol. The molecule has 11 nitrogen and oxygen atoms in total. The van der Waals surface area contributed by atoms with Gasteiger partial charge in [0.1, 0.15) is 16.6 Å². The number of rotatable bonds is 9. The Morgan fingerprint density at radius 1 is 1.14 bits per heavy atom. The van der Waals surface area contributed by atoms with Gasteiger partial charge < -0.3 is 4.74 Å². The first-order chi connectivity index (χ1) is 22.6. The van der Waals surface area contributed by atoms with Crippen LogP contribution < -0.4 is 10.4 Å². The molecule has 0 bridgehead atoms. The fourth-order valence-corrected chi connectivity index (χ4v) is 6.57. The van der Waals surface area contributed by atoms with Crippen molar-refractivity contribution in [3.8, 4) is 5.69 Å². The number of carbonyl (C=O) groups is 1. The molecule has 0 amide bonds. The predicted octanol–water partition coefficient (Wildman–Crippen LogP) is 6.93. The summed E-state index contributed by atoms with van der Waals surface area (Å²) in [5, 5.41) is 3.69. The lowest BCUT2D eigenvalue weighted by Gasteiger charge is -2.22. The van der Waals surface area contributed by atoms with Gasteiger partial charge in [-0.3, -0.25) is 9.71 Å². The fraction of sp³-hybridized carbons (Fsp3) is 0.444. The summed E-state index contributed by atoms with van der Waals surface area (Å²) in [7, 11) is -2.67. The Hall–Kier alpha value is -3.36. The molecule has 1 aliphatic rings. The van der Waals surface area contributed by atoms with Gasteiger partial charge in [0.2, 0.25) is 10.0 Å². The first-order valence-corrected chi connectivity index (χ1v) is 17.3. The number of ether oxygens (including phenoxy) is 1. The van der Waals surface area contributed by atoms with E-state index < -0.39 is 63.3 Å². The van der Waals surface area contributed by atoms with Gasteiger partial charge in [0, 0.05) is 17.9 Å². The number of aliphatic imine (C=N–C) groups is 1. The summed E-state index contributed by atoms with van der Waals surface area (Å²) in [6.07, 6.45) is -7.45. The molecule has 0 atom stereocenters. The van der Waals surface area contributed by atoms with Crippen molar-refractivity contribution < 1.29 is 48.7 Å². The quantitative estimate of drug-likeness (QED) is 0.182.